The second kappa shape index (κ2) is 5.30. The van der Waals surface area contributed by atoms with Gasteiger partial charge in [-0.25, -0.2) is 0 Å². The van der Waals surface area contributed by atoms with Crippen LogP contribution in [0, 0.1) is 0 Å². The fourth-order valence-electron chi connectivity index (χ4n) is 2.18. The predicted molar refractivity (Wildman–Crippen MR) is 83.7 cm³/mol. The van der Waals surface area contributed by atoms with Crippen LogP contribution in [-0.2, 0) is 6.54 Å². The Morgan fingerprint density at radius 2 is 1.95 bits per heavy atom. The smallest absolute Gasteiger partial charge is 0.155 e. The van der Waals surface area contributed by atoms with E-state index < -0.39 is 0 Å². The molecule has 2 aromatic carbocycles. The van der Waals surface area contributed by atoms with Crippen molar-refractivity contribution in [3.63, 3.8) is 0 Å². The van der Waals surface area contributed by atoms with Crippen LogP contribution in [0.15, 0.2) is 53.2 Å². The van der Waals surface area contributed by atoms with Crippen LogP contribution in [0.25, 0.3) is 10.8 Å². The van der Waals surface area contributed by atoms with Gasteiger partial charge in [0, 0.05) is 22.7 Å². The maximum Gasteiger partial charge on any atom is 0.155 e. The number of fused-ring (bicyclic) bond motifs is 1. The van der Waals surface area contributed by atoms with Crippen LogP contribution in [0.3, 0.4) is 0 Å². The average Bonchev–Trinajstić information content (AvgIpc) is 2.97. The molecule has 0 fully saturated rings. The number of nitrogens with one attached hydrogen (secondary N) is 1. The first-order valence-electron chi connectivity index (χ1n) is 6.20. The number of anilines is 1. The molecule has 0 saturated carbocycles. The van der Waals surface area contributed by atoms with Gasteiger partial charge in [0.1, 0.15) is 4.99 Å². The zero-order chi connectivity index (χ0) is 13.9. The Hall–Kier alpha value is -2.40. The van der Waals surface area contributed by atoms with Crippen molar-refractivity contribution in [2.45, 2.75) is 6.54 Å². The topological polar surface area (TPSA) is 64.1 Å². The van der Waals surface area contributed by atoms with Crippen LogP contribution >= 0.6 is 12.2 Å². The van der Waals surface area contributed by atoms with Gasteiger partial charge in [-0.05, 0) is 17.5 Å². The number of aromatic nitrogens is 1. The van der Waals surface area contributed by atoms with Crippen LogP contribution in [0.1, 0.15) is 11.3 Å². The van der Waals surface area contributed by atoms with E-state index in [0.717, 1.165) is 27.8 Å². The van der Waals surface area contributed by atoms with Gasteiger partial charge in [-0.1, -0.05) is 41.6 Å². The van der Waals surface area contributed by atoms with E-state index in [-0.39, 0.29) is 0 Å². The lowest BCUT2D eigenvalue weighted by Gasteiger charge is -2.11. The lowest BCUT2D eigenvalue weighted by molar-refractivity contribution is 0.388. The van der Waals surface area contributed by atoms with Gasteiger partial charge in [-0.2, -0.15) is 0 Å². The number of rotatable bonds is 4. The van der Waals surface area contributed by atoms with Crippen molar-refractivity contribution < 1.29 is 4.52 Å². The molecule has 0 radical (unpaired) electrons. The van der Waals surface area contributed by atoms with E-state index in [9.17, 15) is 0 Å². The van der Waals surface area contributed by atoms with E-state index in [1.165, 1.54) is 0 Å². The summed E-state index contributed by atoms with van der Waals surface area (Å²) in [5.74, 6) is 0.785. The van der Waals surface area contributed by atoms with Crippen LogP contribution in [0.2, 0.25) is 0 Å². The molecule has 0 atom stereocenters. The van der Waals surface area contributed by atoms with Crippen molar-refractivity contribution in [1.29, 1.82) is 0 Å². The maximum atomic E-state index is 5.77. The van der Waals surface area contributed by atoms with Gasteiger partial charge in [0.2, 0.25) is 0 Å². The number of hydrogen-bond acceptors (Lipinski definition) is 4. The highest BCUT2D eigenvalue weighted by Gasteiger charge is 2.07. The molecule has 3 rings (SSSR count). The molecule has 0 bridgehead atoms. The fourth-order valence-corrected chi connectivity index (χ4v) is 2.36. The lowest BCUT2D eigenvalue weighted by Crippen LogP contribution is -2.10. The Morgan fingerprint density at radius 1 is 1.15 bits per heavy atom. The summed E-state index contributed by atoms with van der Waals surface area (Å²) in [5, 5.41) is 9.15. The molecule has 1 heterocycles. The highest BCUT2D eigenvalue weighted by molar-refractivity contribution is 7.80. The molecule has 0 unspecified atom stereocenters. The lowest BCUT2D eigenvalue weighted by atomic mass is 10.0. The molecule has 0 aliphatic heterocycles. The molecule has 3 N–H and O–H groups in total. The molecule has 20 heavy (non-hydrogen) atoms. The second-order valence-corrected chi connectivity index (χ2v) is 4.84. The van der Waals surface area contributed by atoms with Gasteiger partial charge in [0.05, 0.1) is 12.7 Å². The van der Waals surface area contributed by atoms with Gasteiger partial charge in [0.25, 0.3) is 0 Å². The van der Waals surface area contributed by atoms with Crippen LogP contribution < -0.4 is 11.1 Å². The average molecular weight is 283 g/mol. The molecule has 4 nitrogen and oxygen atoms in total. The van der Waals surface area contributed by atoms with E-state index >= 15 is 0 Å². The van der Waals surface area contributed by atoms with Gasteiger partial charge in [0.15, 0.2) is 5.76 Å². The Kier molecular flexibility index (Phi) is 3.35. The van der Waals surface area contributed by atoms with Crippen molar-refractivity contribution >= 4 is 33.7 Å². The third-order valence-electron chi connectivity index (χ3n) is 3.13. The first-order valence-corrected chi connectivity index (χ1v) is 6.61. The van der Waals surface area contributed by atoms with Crippen LogP contribution in [-0.4, -0.2) is 10.1 Å². The summed E-state index contributed by atoms with van der Waals surface area (Å²) in [6, 6.07) is 13.8. The molecule has 0 saturated heterocycles. The Labute approximate surface area is 121 Å². The normalized spacial score (nSPS) is 10.6. The molecule has 0 aliphatic carbocycles. The zero-order valence-electron chi connectivity index (χ0n) is 10.7. The number of nitrogens with two attached hydrogens (primary N) is 1. The van der Waals surface area contributed by atoms with E-state index in [4.69, 9.17) is 22.5 Å². The predicted octanol–water partition coefficient (Wildman–Crippen LogP) is 3.07. The summed E-state index contributed by atoms with van der Waals surface area (Å²) >= 11 is 5.10. The largest absolute Gasteiger partial charge is 0.389 e. The van der Waals surface area contributed by atoms with E-state index in [0.29, 0.717) is 11.5 Å². The van der Waals surface area contributed by atoms with Crippen molar-refractivity contribution in [3.05, 3.63) is 60.0 Å². The number of hydrogen-bond donors (Lipinski definition) is 2. The van der Waals surface area contributed by atoms with Gasteiger partial charge >= 0.3 is 0 Å². The standard InChI is InChI=1S/C15H13N3OS/c16-15(20)13-5-6-14(12-4-2-1-3-11(12)13)17-9-10-7-8-18-19-10/h1-8,17H,9H2,(H2,16,20). The minimum Gasteiger partial charge on any atom is -0.389 e. The number of thiocarbonyl (C=S) groups is 1. The molecule has 0 spiro atoms. The van der Waals surface area contributed by atoms with Crippen molar-refractivity contribution in [2.24, 2.45) is 5.73 Å². The summed E-state index contributed by atoms with van der Waals surface area (Å²) in [6.45, 7) is 0.580. The first-order chi connectivity index (χ1) is 9.75. The third-order valence-corrected chi connectivity index (χ3v) is 3.35. The minimum atomic E-state index is 0.406. The van der Waals surface area contributed by atoms with Crippen LogP contribution in [0.5, 0.6) is 0 Å². The first kappa shape index (κ1) is 12.6. The third kappa shape index (κ3) is 2.35. The van der Waals surface area contributed by atoms with Gasteiger partial charge < -0.3 is 15.6 Å². The molecule has 1 aromatic heterocycles. The van der Waals surface area contributed by atoms with Crippen molar-refractivity contribution in [3.8, 4) is 0 Å². The van der Waals surface area contributed by atoms with Crippen molar-refractivity contribution in [2.75, 3.05) is 5.32 Å². The zero-order valence-corrected chi connectivity index (χ0v) is 11.5. The molecule has 3 aromatic rings. The molecule has 0 aliphatic rings. The number of nitrogens with zero attached hydrogens (tertiary/aromatic N) is 1. The minimum absolute atomic E-state index is 0.406. The maximum absolute atomic E-state index is 5.77. The number of benzene rings is 2. The second-order valence-electron chi connectivity index (χ2n) is 4.40. The van der Waals surface area contributed by atoms with Gasteiger partial charge in [-0.3, -0.25) is 0 Å². The van der Waals surface area contributed by atoms with Crippen molar-refractivity contribution in [1.82, 2.24) is 5.16 Å². The quantitative estimate of drug-likeness (QED) is 0.720. The summed E-state index contributed by atoms with van der Waals surface area (Å²) < 4.78 is 5.08. The molecule has 5 heteroatoms. The Balaban J connectivity index is 1.99. The SMILES string of the molecule is NC(=S)c1ccc(NCc2ccno2)c2ccccc12. The summed E-state index contributed by atoms with van der Waals surface area (Å²) in [5.41, 5.74) is 7.67. The molecule has 100 valence electrons. The fraction of sp³-hybridized carbons (Fsp3) is 0.0667. The van der Waals surface area contributed by atoms with E-state index in [1.807, 2.05) is 42.5 Å². The highest BCUT2D eigenvalue weighted by Crippen LogP contribution is 2.27. The Morgan fingerprint density at radius 3 is 2.65 bits per heavy atom. The van der Waals surface area contributed by atoms with Crippen LogP contribution in [0.4, 0.5) is 5.69 Å². The summed E-state index contributed by atoms with van der Waals surface area (Å²) in [6.07, 6.45) is 1.63. The van der Waals surface area contributed by atoms with E-state index in [1.54, 1.807) is 6.20 Å². The monoisotopic (exact) mass is 283 g/mol. The highest BCUT2D eigenvalue weighted by atomic mass is 32.1. The molecular weight excluding hydrogens is 270 g/mol. The Bertz CT molecular complexity index is 753. The molecular formula is C15H13N3OS. The summed E-state index contributed by atoms with van der Waals surface area (Å²) in [7, 11) is 0. The molecule has 0 amide bonds. The van der Waals surface area contributed by atoms with E-state index in [2.05, 4.69) is 10.5 Å². The van der Waals surface area contributed by atoms with Gasteiger partial charge in [-0.15, -0.1) is 0 Å². The summed E-state index contributed by atoms with van der Waals surface area (Å²) in [4.78, 5) is 0.406.